The lowest BCUT2D eigenvalue weighted by atomic mass is 9.84. The molecule has 0 spiro atoms. The number of nitrogens with zero attached hydrogens (tertiary/aromatic N) is 1. The fourth-order valence-electron chi connectivity index (χ4n) is 7.72. The second kappa shape index (κ2) is 12.2. The lowest BCUT2D eigenvalue weighted by Crippen LogP contribution is -1.92. The van der Waals surface area contributed by atoms with Crippen LogP contribution in [0.1, 0.15) is 0 Å². The van der Waals surface area contributed by atoms with Crippen molar-refractivity contribution < 1.29 is 0 Å². The molecule has 0 unspecified atom stereocenters. The van der Waals surface area contributed by atoms with Gasteiger partial charge in [-0.1, -0.05) is 164 Å². The van der Waals surface area contributed by atoms with Gasteiger partial charge in [0, 0.05) is 27.2 Å². The number of hydrogen-bond donors (Lipinski definition) is 0. The molecule has 0 aliphatic rings. The standard InChI is InChI=1S/C49H31NS/c1-3-11-32(12-4-1)34-19-23-36(24-20-34)46-40-16-7-8-17-41(40)47(37-25-21-35(22-26-37)33-13-5-2-6-14-33)44-31-38(27-28-42(44)46)48-49-43(29-30-50-48)39-15-9-10-18-45(39)51-49/h1-31H. The van der Waals surface area contributed by atoms with Crippen LogP contribution in [0.2, 0.25) is 0 Å². The molecule has 0 N–H and O–H groups in total. The number of pyridine rings is 1. The molecule has 2 heterocycles. The zero-order valence-electron chi connectivity index (χ0n) is 27.8. The maximum atomic E-state index is 5.02. The topological polar surface area (TPSA) is 12.9 Å². The van der Waals surface area contributed by atoms with Crippen molar-refractivity contribution in [3.05, 3.63) is 188 Å². The summed E-state index contributed by atoms with van der Waals surface area (Å²) in [5.41, 5.74) is 11.9. The van der Waals surface area contributed by atoms with E-state index in [1.165, 1.54) is 86.2 Å². The van der Waals surface area contributed by atoms with Gasteiger partial charge in [0.25, 0.3) is 0 Å². The van der Waals surface area contributed by atoms with Crippen LogP contribution in [-0.4, -0.2) is 4.98 Å². The number of rotatable bonds is 5. The fraction of sp³-hybridized carbons (Fsp3) is 0. The first kappa shape index (κ1) is 29.6. The molecule has 0 atom stereocenters. The Morgan fingerprint density at radius 3 is 1.37 bits per heavy atom. The van der Waals surface area contributed by atoms with Crippen molar-refractivity contribution in [1.82, 2.24) is 4.98 Å². The van der Waals surface area contributed by atoms with Crippen LogP contribution in [0.15, 0.2) is 188 Å². The van der Waals surface area contributed by atoms with Crippen LogP contribution in [0, 0.1) is 0 Å². The minimum atomic E-state index is 1.03. The van der Waals surface area contributed by atoms with Crippen molar-refractivity contribution in [3.63, 3.8) is 0 Å². The highest BCUT2D eigenvalue weighted by molar-refractivity contribution is 7.26. The maximum absolute atomic E-state index is 5.02. The van der Waals surface area contributed by atoms with Crippen molar-refractivity contribution in [1.29, 1.82) is 0 Å². The van der Waals surface area contributed by atoms with Crippen molar-refractivity contribution in [2.24, 2.45) is 0 Å². The second-order valence-electron chi connectivity index (χ2n) is 13.1. The van der Waals surface area contributed by atoms with Crippen molar-refractivity contribution in [3.8, 4) is 55.8 Å². The lowest BCUT2D eigenvalue weighted by molar-refractivity contribution is 1.37. The smallest absolute Gasteiger partial charge is 0.0880 e. The van der Waals surface area contributed by atoms with E-state index in [9.17, 15) is 0 Å². The third-order valence-electron chi connectivity index (χ3n) is 10.2. The zero-order chi connectivity index (χ0) is 33.7. The van der Waals surface area contributed by atoms with Gasteiger partial charge in [0.2, 0.25) is 0 Å². The summed E-state index contributed by atoms with van der Waals surface area (Å²) in [4.78, 5) is 5.02. The molecular formula is C49H31NS. The molecule has 10 rings (SSSR count). The molecule has 2 heteroatoms. The van der Waals surface area contributed by atoms with E-state index in [-0.39, 0.29) is 0 Å². The maximum Gasteiger partial charge on any atom is 0.0880 e. The van der Waals surface area contributed by atoms with E-state index in [1.54, 1.807) is 0 Å². The number of benzene rings is 8. The van der Waals surface area contributed by atoms with E-state index in [2.05, 4.69) is 182 Å². The molecule has 0 radical (unpaired) electrons. The molecule has 238 valence electrons. The third-order valence-corrected chi connectivity index (χ3v) is 11.3. The summed E-state index contributed by atoms with van der Waals surface area (Å²) in [5.74, 6) is 0. The summed E-state index contributed by atoms with van der Waals surface area (Å²) in [7, 11) is 0. The first-order chi connectivity index (χ1) is 25.3. The Kier molecular flexibility index (Phi) is 7.07. The quantitative estimate of drug-likeness (QED) is 0.167. The molecule has 0 amide bonds. The molecule has 0 aliphatic carbocycles. The molecule has 2 aromatic heterocycles. The van der Waals surface area contributed by atoms with Crippen molar-refractivity contribution in [2.45, 2.75) is 0 Å². The third kappa shape index (κ3) is 5.03. The summed E-state index contributed by atoms with van der Waals surface area (Å²) in [6.45, 7) is 0. The van der Waals surface area contributed by atoms with Gasteiger partial charge in [-0.15, -0.1) is 11.3 Å². The van der Waals surface area contributed by atoms with Gasteiger partial charge in [0.15, 0.2) is 0 Å². The fourth-order valence-corrected chi connectivity index (χ4v) is 8.93. The molecule has 1 nitrogen and oxygen atoms in total. The first-order valence-corrected chi connectivity index (χ1v) is 18.2. The highest BCUT2D eigenvalue weighted by atomic mass is 32.1. The molecule has 0 saturated heterocycles. The normalized spacial score (nSPS) is 11.5. The summed E-state index contributed by atoms with van der Waals surface area (Å²) < 4.78 is 2.51. The van der Waals surface area contributed by atoms with Crippen molar-refractivity contribution >= 4 is 53.1 Å². The van der Waals surface area contributed by atoms with Gasteiger partial charge >= 0.3 is 0 Å². The van der Waals surface area contributed by atoms with Gasteiger partial charge in [0.05, 0.1) is 10.4 Å². The Labute approximate surface area is 300 Å². The summed E-state index contributed by atoms with van der Waals surface area (Å²) in [5, 5.41) is 7.49. The van der Waals surface area contributed by atoms with E-state index < -0.39 is 0 Å². The van der Waals surface area contributed by atoms with E-state index in [1.807, 2.05) is 17.5 Å². The van der Waals surface area contributed by atoms with Crippen LogP contribution < -0.4 is 0 Å². The molecule has 51 heavy (non-hydrogen) atoms. The molecule has 0 bridgehead atoms. The predicted molar refractivity (Wildman–Crippen MR) is 219 cm³/mol. The zero-order valence-corrected chi connectivity index (χ0v) is 28.6. The highest BCUT2D eigenvalue weighted by Crippen LogP contribution is 2.46. The molecular weight excluding hydrogens is 635 g/mol. The SMILES string of the molecule is c1ccc(-c2ccc(-c3c4ccccc4c(-c4ccc(-c5ccccc5)cc4)c4cc(-c5nccc6c5sc5ccccc56)ccc34)cc2)cc1. The lowest BCUT2D eigenvalue weighted by Gasteiger charge is -2.19. The molecule has 0 fully saturated rings. The molecule has 0 aliphatic heterocycles. The van der Waals surface area contributed by atoms with Gasteiger partial charge < -0.3 is 0 Å². The summed E-state index contributed by atoms with van der Waals surface area (Å²) in [6, 6.07) is 66.1. The summed E-state index contributed by atoms with van der Waals surface area (Å²) >= 11 is 1.83. The average Bonchev–Trinajstić information content (AvgIpc) is 3.60. The van der Waals surface area contributed by atoms with Crippen LogP contribution in [0.3, 0.4) is 0 Å². The monoisotopic (exact) mass is 665 g/mol. The van der Waals surface area contributed by atoms with Gasteiger partial charge in [-0.05, 0) is 84.3 Å². The van der Waals surface area contributed by atoms with Crippen LogP contribution in [0.25, 0.3) is 97.5 Å². The van der Waals surface area contributed by atoms with Crippen LogP contribution in [0.4, 0.5) is 0 Å². The van der Waals surface area contributed by atoms with E-state index >= 15 is 0 Å². The minimum Gasteiger partial charge on any atom is -0.255 e. The minimum absolute atomic E-state index is 1.03. The number of thiophene rings is 1. The second-order valence-corrected chi connectivity index (χ2v) is 14.1. The first-order valence-electron chi connectivity index (χ1n) is 17.4. The predicted octanol–water partition coefficient (Wildman–Crippen LogP) is 14.1. The van der Waals surface area contributed by atoms with Crippen molar-refractivity contribution in [2.75, 3.05) is 0 Å². The van der Waals surface area contributed by atoms with E-state index in [0.29, 0.717) is 0 Å². The Hall–Kier alpha value is -6.35. The number of hydrogen-bond acceptors (Lipinski definition) is 2. The number of fused-ring (bicyclic) bond motifs is 5. The van der Waals surface area contributed by atoms with Gasteiger partial charge in [-0.25, -0.2) is 0 Å². The number of aromatic nitrogens is 1. The van der Waals surface area contributed by atoms with Gasteiger partial charge in [-0.2, -0.15) is 0 Å². The van der Waals surface area contributed by atoms with E-state index in [0.717, 1.165) is 11.3 Å². The van der Waals surface area contributed by atoms with Gasteiger partial charge in [-0.3, -0.25) is 4.98 Å². The largest absolute Gasteiger partial charge is 0.255 e. The molecule has 0 saturated carbocycles. The molecule has 8 aromatic carbocycles. The van der Waals surface area contributed by atoms with E-state index in [4.69, 9.17) is 4.98 Å². The van der Waals surface area contributed by atoms with Crippen LogP contribution in [-0.2, 0) is 0 Å². The Morgan fingerprint density at radius 1 is 0.314 bits per heavy atom. The Morgan fingerprint density at radius 2 is 0.765 bits per heavy atom. The Balaban J connectivity index is 1.24. The average molecular weight is 666 g/mol. The summed E-state index contributed by atoms with van der Waals surface area (Å²) in [6.07, 6.45) is 1.96. The van der Waals surface area contributed by atoms with Crippen LogP contribution in [0.5, 0.6) is 0 Å². The van der Waals surface area contributed by atoms with Gasteiger partial charge in [0.1, 0.15) is 0 Å². The Bertz CT molecular complexity index is 2870. The highest BCUT2D eigenvalue weighted by Gasteiger charge is 2.19. The van der Waals surface area contributed by atoms with Crippen LogP contribution >= 0.6 is 11.3 Å². The molecule has 10 aromatic rings.